The fourth-order valence-electron chi connectivity index (χ4n) is 5.76. The molecule has 4 rings (SSSR count). The molecule has 1 aliphatic heterocycles. The highest BCUT2D eigenvalue weighted by atomic mass is 16.5. The van der Waals surface area contributed by atoms with Crippen molar-refractivity contribution < 1.29 is 23.8 Å². The number of ether oxygens (including phenoxy) is 3. The Morgan fingerprint density at radius 3 is 2.63 bits per heavy atom. The molecule has 9 nitrogen and oxygen atoms in total. The lowest BCUT2D eigenvalue weighted by atomic mass is 9.62. The summed E-state index contributed by atoms with van der Waals surface area (Å²) in [5.41, 5.74) is 6.28. The van der Waals surface area contributed by atoms with Crippen LogP contribution in [-0.2, 0) is 14.3 Å². The number of ketones is 2. The largest absolute Gasteiger partial charge is 0.475 e. The maximum atomic E-state index is 13.6. The zero-order valence-corrected chi connectivity index (χ0v) is 21.2. The molecular formula is C26H38N4O5. The van der Waals surface area contributed by atoms with E-state index in [0.717, 1.165) is 38.6 Å². The number of Topliss-reactive ketones (excluding diaryl/α,β-unsaturated/α-hetero) is 2. The molecule has 2 heterocycles. The van der Waals surface area contributed by atoms with E-state index in [2.05, 4.69) is 21.9 Å². The average Bonchev–Trinajstić information content (AvgIpc) is 3.28. The third kappa shape index (κ3) is 5.35. The smallest absolute Gasteiger partial charge is 0.221 e. The van der Waals surface area contributed by atoms with Crippen LogP contribution in [0.25, 0.3) is 5.70 Å². The fraction of sp³-hybridized carbons (Fsp3) is 0.692. The van der Waals surface area contributed by atoms with E-state index in [1.165, 1.54) is 0 Å². The molecule has 0 amide bonds. The quantitative estimate of drug-likeness (QED) is 0.336. The highest BCUT2D eigenvalue weighted by Gasteiger charge is 2.49. The van der Waals surface area contributed by atoms with E-state index in [1.54, 1.807) is 13.2 Å². The summed E-state index contributed by atoms with van der Waals surface area (Å²) in [6, 6.07) is 1.94. The maximum absolute atomic E-state index is 13.6. The number of hydrogen-bond acceptors (Lipinski definition) is 9. The van der Waals surface area contributed by atoms with E-state index in [9.17, 15) is 9.59 Å². The summed E-state index contributed by atoms with van der Waals surface area (Å²) >= 11 is 0. The second-order valence-electron chi connectivity index (χ2n) is 10.0. The number of likely N-dealkylation sites (tertiary alicyclic amines) is 1. The summed E-state index contributed by atoms with van der Waals surface area (Å²) in [5.74, 6) is 0.763. The Kier molecular flexibility index (Phi) is 8.06. The van der Waals surface area contributed by atoms with Crippen molar-refractivity contribution in [3.05, 3.63) is 17.5 Å². The van der Waals surface area contributed by atoms with Crippen LogP contribution in [-0.4, -0.2) is 72.5 Å². The van der Waals surface area contributed by atoms with Gasteiger partial charge in [0.15, 0.2) is 11.6 Å². The van der Waals surface area contributed by atoms with Crippen molar-refractivity contribution in [1.82, 2.24) is 14.9 Å². The van der Waals surface area contributed by atoms with Gasteiger partial charge in [-0.05, 0) is 65.5 Å². The summed E-state index contributed by atoms with van der Waals surface area (Å²) < 4.78 is 17.1. The third-order valence-electron chi connectivity index (χ3n) is 7.74. The lowest BCUT2D eigenvalue weighted by Crippen LogP contribution is -2.45. The molecule has 3 aliphatic rings. The van der Waals surface area contributed by atoms with Crippen LogP contribution in [0.5, 0.6) is 11.8 Å². The predicted octanol–water partition coefficient (Wildman–Crippen LogP) is 2.92. The van der Waals surface area contributed by atoms with Gasteiger partial charge in [-0.25, -0.2) is 0 Å². The van der Waals surface area contributed by atoms with Gasteiger partial charge >= 0.3 is 0 Å². The number of methoxy groups -OCH3 is 1. The fourth-order valence-corrected chi connectivity index (χ4v) is 5.76. The normalized spacial score (nSPS) is 27.8. The topological polar surface area (TPSA) is 117 Å². The third-order valence-corrected chi connectivity index (χ3v) is 7.74. The molecule has 2 saturated carbocycles. The standard InChI is InChI=1S/C26H38N4O5/c1-17(19-9-7-13-30(19)2)35-22-16-21(34-15-14-33-3)28-25(29-22)23(27)18-8-6-12-26(24(18)32)11-5-4-10-20(26)31/h16-17,19H,4-15,27H2,1-3H3/t17-,19-,26+/m0/s1. The first-order valence-corrected chi connectivity index (χ1v) is 12.8. The molecule has 0 radical (unpaired) electrons. The molecule has 0 bridgehead atoms. The molecule has 9 heteroatoms. The van der Waals surface area contributed by atoms with E-state index >= 15 is 0 Å². The van der Waals surface area contributed by atoms with Crippen molar-refractivity contribution in [2.75, 3.05) is 33.9 Å². The molecule has 3 fully saturated rings. The first kappa shape index (κ1) is 25.6. The van der Waals surface area contributed by atoms with Crippen LogP contribution < -0.4 is 15.2 Å². The molecule has 192 valence electrons. The van der Waals surface area contributed by atoms with Gasteiger partial charge in [-0.1, -0.05) is 6.42 Å². The van der Waals surface area contributed by atoms with Crippen LogP contribution in [0.3, 0.4) is 0 Å². The number of carbonyl (C=O) groups excluding carboxylic acids is 2. The van der Waals surface area contributed by atoms with Crippen LogP contribution >= 0.6 is 0 Å². The number of likely N-dealkylation sites (N-methyl/N-ethyl adjacent to an activating group) is 1. The molecule has 1 aromatic heterocycles. The van der Waals surface area contributed by atoms with Crippen LogP contribution in [0.1, 0.15) is 70.5 Å². The zero-order chi connectivity index (χ0) is 25.0. The van der Waals surface area contributed by atoms with Gasteiger partial charge in [0.2, 0.25) is 11.8 Å². The number of rotatable bonds is 8. The van der Waals surface area contributed by atoms with Gasteiger partial charge in [0.1, 0.15) is 18.5 Å². The first-order valence-electron chi connectivity index (χ1n) is 12.8. The minimum Gasteiger partial charge on any atom is -0.475 e. The van der Waals surface area contributed by atoms with Crippen molar-refractivity contribution in [3.8, 4) is 11.8 Å². The minimum atomic E-state index is -0.927. The number of allylic oxidation sites excluding steroid dienone is 1. The molecule has 1 spiro atoms. The van der Waals surface area contributed by atoms with Crippen molar-refractivity contribution >= 4 is 17.3 Å². The van der Waals surface area contributed by atoms with Crippen LogP contribution in [0.4, 0.5) is 0 Å². The molecule has 0 unspecified atom stereocenters. The molecular weight excluding hydrogens is 448 g/mol. The summed E-state index contributed by atoms with van der Waals surface area (Å²) in [6.45, 7) is 3.78. The molecule has 0 aromatic carbocycles. The molecule has 2 N–H and O–H groups in total. The van der Waals surface area contributed by atoms with Crippen molar-refractivity contribution in [3.63, 3.8) is 0 Å². The summed E-state index contributed by atoms with van der Waals surface area (Å²) in [7, 11) is 3.70. The van der Waals surface area contributed by atoms with Crippen molar-refractivity contribution in [2.24, 2.45) is 11.1 Å². The van der Waals surface area contributed by atoms with Crippen molar-refractivity contribution in [2.45, 2.75) is 76.9 Å². The zero-order valence-electron chi connectivity index (χ0n) is 21.2. The number of nitrogens with zero attached hydrogens (tertiary/aromatic N) is 3. The Labute approximate surface area is 207 Å². The van der Waals surface area contributed by atoms with E-state index < -0.39 is 5.41 Å². The van der Waals surface area contributed by atoms with E-state index in [0.29, 0.717) is 62.3 Å². The number of nitrogens with two attached hydrogens (primary N) is 1. The number of hydrogen-bond donors (Lipinski definition) is 1. The Bertz CT molecular complexity index is 976. The second-order valence-corrected chi connectivity index (χ2v) is 10.0. The van der Waals surface area contributed by atoms with E-state index in [1.807, 2.05) is 6.92 Å². The second kappa shape index (κ2) is 11.0. The van der Waals surface area contributed by atoms with Gasteiger partial charge in [0, 0.05) is 25.1 Å². The number of aromatic nitrogens is 2. The Balaban J connectivity index is 1.65. The molecule has 2 aliphatic carbocycles. The van der Waals surface area contributed by atoms with Crippen LogP contribution in [0, 0.1) is 5.41 Å². The highest BCUT2D eigenvalue weighted by molar-refractivity contribution is 6.17. The monoisotopic (exact) mass is 486 g/mol. The lowest BCUT2D eigenvalue weighted by molar-refractivity contribution is -0.143. The Hall–Kier alpha value is -2.52. The highest BCUT2D eigenvalue weighted by Crippen LogP contribution is 2.45. The SMILES string of the molecule is COCCOc1cc(O[C@@H](C)[C@@H]2CCCN2C)nc(C(N)=C2CCC[C@@]3(CCCCC3=O)C2=O)n1. The minimum absolute atomic E-state index is 0.0508. The van der Waals surface area contributed by atoms with E-state index in [-0.39, 0.29) is 29.2 Å². The predicted molar refractivity (Wildman–Crippen MR) is 131 cm³/mol. The van der Waals surface area contributed by atoms with Gasteiger partial charge in [0.05, 0.1) is 23.8 Å². The summed E-state index contributed by atoms with van der Waals surface area (Å²) in [5, 5.41) is 0. The van der Waals surface area contributed by atoms with Crippen LogP contribution in [0.15, 0.2) is 11.6 Å². The van der Waals surface area contributed by atoms with E-state index in [4.69, 9.17) is 19.9 Å². The Morgan fingerprint density at radius 1 is 1.14 bits per heavy atom. The van der Waals surface area contributed by atoms with Gasteiger partial charge in [-0.15, -0.1) is 0 Å². The van der Waals surface area contributed by atoms with Gasteiger partial charge in [-0.3, -0.25) is 14.5 Å². The van der Waals surface area contributed by atoms with Gasteiger partial charge in [-0.2, -0.15) is 9.97 Å². The van der Waals surface area contributed by atoms with Gasteiger partial charge < -0.3 is 19.9 Å². The average molecular weight is 487 g/mol. The molecule has 1 aromatic rings. The first-order chi connectivity index (χ1) is 16.9. The van der Waals surface area contributed by atoms with Crippen LogP contribution in [0.2, 0.25) is 0 Å². The van der Waals surface area contributed by atoms with Crippen molar-refractivity contribution in [1.29, 1.82) is 0 Å². The summed E-state index contributed by atoms with van der Waals surface area (Å²) in [4.78, 5) is 37.8. The van der Waals surface area contributed by atoms with Gasteiger partial charge in [0.25, 0.3) is 0 Å². The Morgan fingerprint density at radius 2 is 1.91 bits per heavy atom. The lowest BCUT2D eigenvalue weighted by Gasteiger charge is -2.38. The summed E-state index contributed by atoms with van der Waals surface area (Å²) in [6.07, 6.45) is 6.75. The molecule has 3 atom stereocenters. The molecule has 1 saturated heterocycles. The number of carbonyl (C=O) groups is 2. The molecule has 35 heavy (non-hydrogen) atoms. The maximum Gasteiger partial charge on any atom is 0.221 e.